The summed E-state index contributed by atoms with van der Waals surface area (Å²) in [6.07, 6.45) is 9.64. The molecule has 2 aliphatic carbocycles. The molecule has 1 aliphatic heterocycles. The third-order valence-electron chi connectivity index (χ3n) is 6.86. The summed E-state index contributed by atoms with van der Waals surface area (Å²) in [5, 5.41) is 9.34. The maximum Gasteiger partial charge on any atom is 0.315 e. The van der Waals surface area contributed by atoms with Gasteiger partial charge in [-0.05, 0) is 46.0 Å². The minimum absolute atomic E-state index is 0.00878. The largest absolute Gasteiger partial charge is 0.379 e. The van der Waals surface area contributed by atoms with E-state index in [9.17, 15) is 9.59 Å². The van der Waals surface area contributed by atoms with E-state index < -0.39 is 0 Å². The van der Waals surface area contributed by atoms with E-state index in [4.69, 9.17) is 4.74 Å². The third-order valence-corrected chi connectivity index (χ3v) is 6.86. The summed E-state index contributed by atoms with van der Waals surface area (Å²) in [4.78, 5) is 27.5. The molecule has 0 aromatic rings. The molecule has 0 spiro atoms. The standard InChI is InChI=1S/C22H40N4O3/c1-17(2)24-20(27)18-7-6-8-19(15-18)25-21(28)23-16-22(9-4-3-5-10-22)26-11-13-29-14-12-26/h17-19H,3-16H2,1-2H3,(H,24,27)(H2,23,25,28). The first-order valence-corrected chi connectivity index (χ1v) is 11.7. The molecule has 7 heteroatoms. The van der Waals surface area contributed by atoms with Crippen molar-refractivity contribution >= 4 is 11.9 Å². The number of morpholine rings is 1. The van der Waals surface area contributed by atoms with E-state index >= 15 is 0 Å². The van der Waals surface area contributed by atoms with Gasteiger partial charge in [0.05, 0.1) is 13.2 Å². The monoisotopic (exact) mass is 408 g/mol. The molecule has 0 aromatic heterocycles. The molecule has 29 heavy (non-hydrogen) atoms. The van der Waals surface area contributed by atoms with Crippen LogP contribution >= 0.6 is 0 Å². The maximum atomic E-state index is 12.7. The highest BCUT2D eigenvalue weighted by Crippen LogP contribution is 2.34. The highest BCUT2D eigenvalue weighted by Gasteiger charge is 2.39. The van der Waals surface area contributed by atoms with E-state index in [-0.39, 0.29) is 35.5 Å². The van der Waals surface area contributed by atoms with Crippen LogP contribution in [0.15, 0.2) is 0 Å². The second kappa shape index (κ2) is 10.6. The molecule has 3 amide bonds. The summed E-state index contributed by atoms with van der Waals surface area (Å²) in [6, 6.07) is 0.154. The summed E-state index contributed by atoms with van der Waals surface area (Å²) in [5.74, 6) is 0.134. The first-order chi connectivity index (χ1) is 14.0. The SMILES string of the molecule is CC(C)NC(=O)C1CCCC(NC(=O)NCC2(N3CCOCC3)CCCCC2)C1. The normalized spacial score (nSPS) is 28.0. The molecule has 7 nitrogen and oxygen atoms in total. The Bertz CT molecular complexity index is 542. The highest BCUT2D eigenvalue weighted by molar-refractivity contribution is 5.79. The van der Waals surface area contributed by atoms with Crippen molar-refractivity contribution in [3.8, 4) is 0 Å². The number of rotatable bonds is 6. The summed E-state index contributed by atoms with van der Waals surface area (Å²) in [5.41, 5.74) is 0.0750. The molecule has 3 rings (SSSR count). The Balaban J connectivity index is 1.49. The quantitative estimate of drug-likeness (QED) is 0.630. The summed E-state index contributed by atoms with van der Waals surface area (Å²) >= 11 is 0. The van der Waals surface area contributed by atoms with Crippen LogP contribution < -0.4 is 16.0 Å². The van der Waals surface area contributed by atoms with Crippen LogP contribution in [0.1, 0.15) is 71.6 Å². The van der Waals surface area contributed by atoms with E-state index in [1.807, 2.05) is 13.8 Å². The number of urea groups is 1. The Hall–Kier alpha value is -1.34. The molecular formula is C22H40N4O3. The van der Waals surface area contributed by atoms with Gasteiger partial charge in [-0.2, -0.15) is 0 Å². The second-order valence-corrected chi connectivity index (χ2v) is 9.44. The van der Waals surface area contributed by atoms with Crippen LogP contribution in [0.2, 0.25) is 0 Å². The lowest BCUT2D eigenvalue weighted by atomic mass is 9.79. The lowest BCUT2D eigenvalue weighted by Crippen LogP contribution is -2.60. The zero-order chi connectivity index (χ0) is 20.7. The number of hydrogen-bond acceptors (Lipinski definition) is 4. The number of hydrogen-bond donors (Lipinski definition) is 3. The fourth-order valence-electron chi connectivity index (χ4n) is 5.30. The molecule has 0 bridgehead atoms. The van der Waals surface area contributed by atoms with Crippen molar-refractivity contribution in [3.63, 3.8) is 0 Å². The Kier molecular flexibility index (Phi) is 8.18. The van der Waals surface area contributed by atoms with Crippen molar-refractivity contribution in [2.45, 2.75) is 89.3 Å². The molecule has 3 N–H and O–H groups in total. The summed E-state index contributed by atoms with van der Waals surface area (Å²) < 4.78 is 5.54. The van der Waals surface area contributed by atoms with Crippen molar-refractivity contribution < 1.29 is 14.3 Å². The lowest BCUT2D eigenvalue weighted by molar-refractivity contribution is -0.126. The predicted octanol–water partition coefficient (Wildman–Crippen LogP) is 2.40. The van der Waals surface area contributed by atoms with Crippen LogP contribution in [0.4, 0.5) is 4.79 Å². The molecule has 1 heterocycles. The Morgan fingerprint density at radius 2 is 1.79 bits per heavy atom. The number of nitrogens with zero attached hydrogens (tertiary/aromatic N) is 1. The van der Waals surface area contributed by atoms with Crippen LogP contribution in [0.5, 0.6) is 0 Å². The molecule has 1 saturated heterocycles. The fraction of sp³-hybridized carbons (Fsp3) is 0.909. The Morgan fingerprint density at radius 3 is 2.48 bits per heavy atom. The highest BCUT2D eigenvalue weighted by atomic mass is 16.5. The predicted molar refractivity (Wildman–Crippen MR) is 114 cm³/mol. The van der Waals surface area contributed by atoms with E-state index in [0.717, 1.165) is 64.8 Å². The number of amides is 3. The van der Waals surface area contributed by atoms with E-state index in [0.29, 0.717) is 6.54 Å². The molecule has 0 aromatic carbocycles. The van der Waals surface area contributed by atoms with Crippen LogP contribution in [0.25, 0.3) is 0 Å². The second-order valence-electron chi connectivity index (χ2n) is 9.44. The first-order valence-electron chi connectivity index (χ1n) is 11.7. The Morgan fingerprint density at radius 1 is 1.07 bits per heavy atom. The van der Waals surface area contributed by atoms with Gasteiger partial charge in [0.25, 0.3) is 0 Å². The topological polar surface area (TPSA) is 82.7 Å². The smallest absolute Gasteiger partial charge is 0.315 e. The Labute approximate surface area is 175 Å². The molecule has 3 fully saturated rings. The van der Waals surface area contributed by atoms with Crippen molar-refractivity contribution in [1.82, 2.24) is 20.9 Å². The number of nitrogens with one attached hydrogen (secondary N) is 3. The molecule has 2 saturated carbocycles. The van der Waals surface area contributed by atoms with Crippen molar-refractivity contribution in [3.05, 3.63) is 0 Å². The van der Waals surface area contributed by atoms with Gasteiger partial charge in [0, 0.05) is 43.2 Å². The minimum Gasteiger partial charge on any atom is -0.379 e. The van der Waals surface area contributed by atoms with Crippen LogP contribution in [0, 0.1) is 5.92 Å². The van der Waals surface area contributed by atoms with Gasteiger partial charge >= 0.3 is 6.03 Å². The van der Waals surface area contributed by atoms with Gasteiger partial charge in [0.1, 0.15) is 0 Å². The van der Waals surface area contributed by atoms with E-state index in [2.05, 4.69) is 20.9 Å². The molecule has 2 atom stereocenters. The van der Waals surface area contributed by atoms with Gasteiger partial charge in [0.15, 0.2) is 0 Å². The van der Waals surface area contributed by atoms with Crippen LogP contribution in [0.3, 0.4) is 0 Å². The summed E-state index contributed by atoms with van der Waals surface area (Å²) in [7, 11) is 0. The van der Waals surface area contributed by atoms with Crippen LogP contribution in [-0.2, 0) is 9.53 Å². The van der Waals surface area contributed by atoms with Gasteiger partial charge in [-0.3, -0.25) is 9.69 Å². The van der Waals surface area contributed by atoms with Crippen molar-refractivity contribution in [1.29, 1.82) is 0 Å². The number of carbonyl (C=O) groups excluding carboxylic acids is 2. The average molecular weight is 409 g/mol. The molecule has 2 unspecified atom stereocenters. The van der Waals surface area contributed by atoms with E-state index in [1.54, 1.807) is 0 Å². The molecule has 3 aliphatic rings. The fourth-order valence-corrected chi connectivity index (χ4v) is 5.30. The molecular weight excluding hydrogens is 368 g/mol. The minimum atomic E-state index is -0.0851. The van der Waals surface area contributed by atoms with Crippen LogP contribution in [-0.4, -0.2) is 67.3 Å². The zero-order valence-electron chi connectivity index (χ0n) is 18.3. The zero-order valence-corrected chi connectivity index (χ0v) is 18.3. The molecule has 166 valence electrons. The first kappa shape index (κ1) is 22.3. The van der Waals surface area contributed by atoms with Gasteiger partial charge in [0.2, 0.25) is 5.91 Å². The maximum absolute atomic E-state index is 12.7. The lowest BCUT2D eigenvalue weighted by Gasteiger charge is -2.48. The summed E-state index contributed by atoms with van der Waals surface area (Å²) in [6.45, 7) is 8.16. The van der Waals surface area contributed by atoms with Gasteiger partial charge in [-0.1, -0.05) is 25.7 Å². The van der Waals surface area contributed by atoms with Gasteiger partial charge < -0.3 is 20.7 Å². The van der Waals surface area contributed by atoms with Crippen molar-refractivity contribution in [2.24, 2.45) is 5.92 Å². The van der Waals surface area contributed by atoms with Crippen molar-refractivity contribution in [2.75, 3.05) is 32.8 Å². The van der Waals surface area contributed by atoms with Gasteiger partial charge in [-0.25, -0.2) is 4.79 Å². The van der Waals surface area contributed by atoms with E-state index in [1.165, 1.54) is 19.3 Å². The molecule has 0 radical (unpaired) electrons. The number of carbonyl (C=O) groups is 2. The van der Waals surface area contributed by atoms with Gasteiger partial charge in [-0.15, -0.1) is 0 Å². The third kappa shape index (κ3) is 6.32. The number of ether oxygens (including phenoxy) is 1. The average Bonchev–Trinajstić information content (AvgIpc) is 2.73.